The molecule has 2 rings (SSSR count). The molecule has 0 atom stereocenters. The predicted octanol–water partition coefficient (Wildman–Crippen LogP) is -0.431. The molecule has 1 aromatic heterocycles. The first-order valence-electron chi connectivity index (χ1n) is 5.50. The van der Waals surface area contributed by atoms with Crippen molar-refractivity contribution < 1.29 is 9.53 Å². The summed E-state index contributed by atoms with van der Waals surface area (Å²) in [5.74, 6) is -0.843. The molecule has 0 unspecified atom stereocenters. The van der Waals surface area contributed by atoms with Crippen LogP contribution in [-0.4, -0.2) is 35.2 Å². The van der Waals surface area contributed by atoms with Crippen molar-refractivity contribution in [2.45, 2.75) is 0 Å². The van der Waals surface area contributed by atoms with Gasteiger partial charge in [0.2, 0.25) is 5.96 Å². The number of hydrogen-bond acceptors (Lipinski definition) is 4. The van der Waals surface area contributed by atoms with Gasteiger partial charge < -0.3 is 21.9 Å². The fourth-order valence-corrected chi connectivity index (χ4v) is 1.67. The summed E-state index contributed by atoms with van der Waals surface area (Å²) >= 11 is 0. The van der Waals surface area contributed by atoms with Gasteiger partial charge in [-0.15, -0.1) is 0 Å². The number of carbonyl (C=O) groups is 1. The number of aliphatic imine (C=N–C) groups is 2. The van der Waals surface area contributed by atoms with Gasteiger partial charge in [-0.25, -0.2) is 9.79 Å². The van der Waals surface area contributed by atoms with Crippen LogP contribution in [0.25, 0.3) is 10.9 Å². The molecule has 0 fully saturated rings. The van der Waals surface area contributed by atoms with Crippen molar-refractivity contribution in [3.63, 3.8) is 0 Å². The summed E-state index contributed by atoms with van der Waals surface area (Å²) in [4.78, 5) is 19.3. The van der Waals surface area contributed by atoms with Crippen molar-refractivity contribution in [3.05, 3.63) is 23.9 Å². The number of guanidine groups is 2. The summed E-state index contributed by atoms with van der Waals surface area (Å²) in [6.07, 6.45) is 1.55. The minimum atomic E-state index is -0.517. The van der Waals surface area contributed by atoms with E-state index in [4.69, 9.17) is 21.9 Å². The Morgan fingerprint density at radius 3 is 2.75 bits per heavy atom. The van der Waals surface area contributed by atoms with E-state index in [1.165, 1.54) is 13.2 Å². The van der Waals surface area contributed by atoms with Gasteiger partial charge in [0, 0.05) is 5.39 Å². The summed E-state index contributed by atoms with van der Waals surface area (Å²) in [5, 5.41) is 7.27. The molecule has 1 aromatic carbocycles. The topological polar surface area (TPSA) is 158 Å². The first-order chi connectivity index (χ1) is 9.51. The number of aromatic amines is 1. The van der Waals surface area contributed by atoms with Crippen LogP contribution in [0.2, 0.25) is 0 Å². The van der Waals surface area contributed by atoms with Crippen molar-refractivity contribution >= 4 is 34.5 Å². The maximum absolute atomic E-state index is 11.7. The Bertz CT molecular complexity index is 713. The van der Waals surface area contributed by atoms with Gasteiger partial charge in [0.05, 0.1) is 30.1 Å². The van der Waals surface area contributed by atoms with Gasteiger partial charge >= 0.3 is 5.97 Å². The fourth-order valence-electron chi connectivity index (χ4n) is 1.67. The zero-order valence-corrected chi connectivity index (χ0v) is 10.6. The van der Waals surface area contributed by atoms with Crippen molar-refractivity contribution in [1.29, 1.82) is 0 Å². The minimum Gasteiger partial charge on any atom is -0.465 e. The molecule has 0 amide bonds. The molecule has 0 radical (unpaired) electrons. The maximum Gasteiger partial charge on any atom is 0.340 e. The van der Waals surface area contributed by atoms with E-state index in [9.17, 15) is 4.79 Å². The standard InChI is InChI=1S/C11H13N7O2/c1-20-9(19)7-3-6(16-11(14)17-10(12)13)2-5-4-15-18-8(5)7/h2-4H,1H3,(H,15,18)(H6,12,13,14,16,17). The number of esters is 1. The Morgan fingerprint density at radius 1 is 1.35 bits per heavy atom. The number of carbonyl (C=O) groups excluding carboxylic acids is 1. The number of methoxy groups -OCH3 is 1. The van der Waals surface area contributed by atoms with Gasteiger partial charge in [0.15, 0.2) is 5.96 Å². The van der Waals surface area contributed by atoms with E-state index in [-0.39, 0.29) is 11.9 Å². The SMILES string of the molecule is COC(=O)c1cc(N=C(N)N=C(N)N)cc2cn[nH]c12. The van der Waals surface area contributed by atoms with E-state index >= 15 is 0 Å². The number of rotatable bonds is 2. The highest BCUT2D eigenvalue weighted by Crippen LogP contribution is 2.24. The Kier molecular flexibility index (Phi) is 3.51. The second-order valence-corrected chi connectivity index (χ2v) is 3.83. The van der Waals surface area contributed by atoms with Gasteiger partial charge in [-0.1, -0.05) is 0 Å². The van der Waals surface area contributed by atoms with Crippen LogP contribution in [0.3, 0.4) is 0 Å². The monoisotopic (exact) mass is 275 g/mol. The first kappa shape index (κ1) is 13.3. The molecule has 104 valence electrons. The number of nitrogens with zero attached hydrogens (tertiary/aromatic N) is 3. The lowest BCUT2D eigenvalue weighted by molar-refractivity contribution is 0.0603. The Balaban J connectivity index is 2.55. The quantitative estimate of drug-likeness (QED) is 0.330. The summed E-state index contributed by atoms with van der Waals surface area (Å²) in [6, 6.07) is 3.18. The van der Waals surface area contributed by atoms with E-state index in [1.807, 2.05) is 0 Å². The average Bonchev–Trinajstić information content (AvgIpc) is 2.83. The molecule has 0 aliphatic rings. The number of H-pyrrole nitrogens is 1. The highest BCUT2D eigenvalue weighted by atomic mass is 16.5. The molecule has 0 aliphatic carbocycles. The summed E-state index contributed by atoms with van der Waals surface area (Å²) in [5.41, 5.74) is 17.2. The van der Waals surface area contributed by atoms with Crippen molar-refractivity contribution in [2.75, 3.05) is 7.11 Å². The number of aromatic nitrogens is 2. The highest BCUT2D eigenvalue weighted by molar-refractivity contribution is 6.04. The van der Waals surface area contributed by atoms with Crippen LogP contribution in [0.5, 0.6) is 0 Å². The third-order valence-electron chi connectivity index (χ3n) is 2.43. The molecule has 0 saturated heterocycles. The fraction of sp³-hybridized carbons (Fsp3) is 0.0909. The van der Waals surface area contributed by atoms with Gasteiger partial charge in [-0.05, 0) is 12.1 Å². The van der Waals surface area contributed by atoms with Gasteiger partial charge in [0.25, 0.3) is 0 Å². The molecule has 7 N–H and O–H groups in total. The average molecular weight is 275 g/mol. The summed E-state index contributed by atoms with van der Waals surface area (Å²) in [6.45, 7) is 0. The van der Waals surface area contributed by atoms with Crippen molar-refractivity contribution in [3.8, 4) is 0 Å². The largest absolute Gasteiger partial charge is 0.465 e. The van der Waals surface area contributed by atoms with E-state index in [1.54, 1.807) is 12.3 Å². The van der Waals surface area contributed by atoms with Crippen LogP contribution in [0.15, 0.2) is 28.3 Å². The van der Waals surface area contributed by atoms with Crippen molar-refractivity contribution in [1.82, 2.24) is 10.2 Å². The predicted molar refractivity (Wildman–Crippen MR) is 74.5 cm³/mol. The number of nitrogens with one attached hydrogen (secondary N) is 1. The van der Waals surface area contributed by atoms with Crippen LogP contribution >= 0.6 is 0 Å². The third kappa shape index (κ3) is 2.66. The molecule has 1 heterocycles. The molecule has 20 heavy (non-hydrogen) atoms. The molecule has 2 aromatic rings. The van der Waals surface area contributed by atoms with Crippen LogP contribution in [-0.2, 0) is 4.74 Å². The Morgan fingerprint density at radius 2 is 2.10 bits per heavy atom. The molecule has 0 spiro atoms. The molecule has 9 heteroatoms. The Labute approximate surface area is 113 Å². The van der Waals surface area contributed by atoms with Crippen LogP contribution < -0.4 is 17.2 Å². The number of benzene rings is 1. The molecular weight excluding hydrogens is 262 g/mol. The molecule has 0 bridgehead atoms. The second kappa shape index (κ2) is 5.26. The normalized spacial score (nSPS) is 11.3. The van der Waals surface area contributed by atoms with E-state index in [0.717, 1.165) is 0 Å². The second-order valence-electron chi connectivity index (χ2n) is 3.83. The van der Waals surface area contributed by atoms with Crippen LogP contribution in [0.4, 0.5) is 5.69 Å². The minimum absolute atomic E-state index is 0.122. The zero-order chi connectivity index (χ0) is 14.7. The van der Waals surface area contributed by atoms with E-state index in [2.05, 4.69) is 20.2 Å². The number of hydrogen-bond donors (Lipinski definition) is 4. The molecule has 0 aliphatic heterocycles. The summed E-state index contributed by atoms with van der Waals surface area (Å²) < 4.78 is 4.70. The summed E-state index contributed by atoms with van der Waals surface area (Å²) in [7, 11) is 1.29. The molecule has 9 nitrogen and oxygen atoms in total. The third-order valence-corrected chi connectivity index (χ3v) is 2.43. The van der Waals surface area contributed by atoms with Crippen LogP contribution in [0.1, 0.15) is 10.4 Å². The lowest BCUT2D eigenvalue weighted by atomic mass is 10.1. The highest BCUT2D eigenvalue weighted by Gasteiger charge is 2.13. The van der Waals surface area contributed by atoms with Crippen molar-refractivity contribution in [2.24, 2.45) is 27.2 Å². The smallest absolute Gasteiger partial charge is 0.340 e. The number of nitrogens with two attached hydrogens (primary N) is 3. The van der Waals surface area contributed by atoms with Crippen LogP contribution in [0, 0.1) is 0 Å². The lowest BCUT2D eigenvalue weighted by Crippen LogP contribution is -2.26. The van der Waals surface area contributed by atoms with E-state index in [0.29, 0.717) is 22.2 Å². The number of fused-ring (bicyclic) bond motifs is 1. The number of ether oxygens (including phenoxy) is 1. The maximum atomic E-state index is 11.7. The Hall–Kier alpha value is -3.10. The first-order valence-corrected chi connectivity index (χ1v) is 5.50. The van der Waals surface area contributed by atoms with E-state index < -0.39 is 5.97 Å². The van der Waals surface area contributed by atoms with Gasteiger partial charge in [0.1, 0.15) is 0 Å². The lowest BCUT2D eigenvalue weighted by Gasteiger charge is -2.03. The van der Waals surface area contributed by atoms with Gasteiger partial charge in [-0.2, -0.15) is 10.1 Å². The van der Waals surface area contributed by atoms with Gasteiger partial charge in [-0.3, -0.25) is 5.10 Å². The molecule has 0 saturated carbocycles. The molecular formula is C11H13N7O2. The zero-order valence-electron chi connectivity index (χ0n) is 10.6.